The lowest BCUT2D eigenvalue weighted by molar-refractivity contribution is -0.119. The number of nitrogens with zero attached hydrogens (tertiary/aromatic N) is 1. The number of hydrogen-bond acceptors (Lipinski definition) is 5. The van der Waals surface area contributed by atoms with E-state index in [1.807, 2.05) is 19.1 Å². The van der Waals surface area contributed by atoms with Gasteiger partial charge in [-0.1, -0.05) is 17.7 Å². The number of aromatic nitrogens is 1. The van der Waals surface area contributed by atoms with Crippen molar-refractivity contribution in [2.75, 3.05) is 18.5 Å². The second-order valence-corrected chi connectivity index (χ2v) is 4.78. The van der Waals surface area contributed by atoms with Gasteiger partial charge < -0.3 is 14.8 Å². The zero-order valence-corrected chi connectivity index (χ0v) is 13.0. The first-order valence-corrected chi connectivity index (χ1v) is 7.21. The number of hydrogen-bond donors (Lipinski definition) is 1. The fraction of sp³-hybridized carbons (Fsp3) is 0.235. The molecule has 1 amide bonds. The highest BCUT2D eigenvalue weighted by Crippen LogP contribution is 2.15. The molecule has 2 rings (SSSR count). The maximum atomic E-state index is 12.0. The van der Waals surface area contributed by atoms with E-state index in [4.69, 9.17) is 9.47 Å². The van der Waals surface area contributed by atoms with Crippen LogP contribution in [0.15, 0.2) is 42.6 Å². The van der Waals surface area contributed by atoms with Gasteiger partial charge in [0.1, 0.15) is 5.56 Å². The van der Waals surface area contributed by atoms with Crippen molar-refractivity contribution in [3.63, 3.8) is 0 Å². The second-order valence-electron chi connectivity index (χ2n) is 4.78. The molecule has 0 aliphatic heterocycles. The number of carbonyl (C=O) groups is 2. The molecule has 23 heavy (non-hydrogen) atoms. The van der Waals surface area contributed by atoms with Gasteiger partial charge in [0.25, 0.3) is 5.91 Å². The number of pyridine rings is 1. The quantitative estimate of drug-likeness (QED) is 0.829. The average molecular weight is 314 g/mol. The van der Waals surface area contributed by atoms with Gasteiger partial charge in [0, 0.05) is 11.9 Å². The highest BCUT2D eigenvalue weighted by atomic mass is 16.5. The lowest BCUT2D eigenvalue weighted by atomic mass is 10.2. The van der Waals surface area contributed by atoms with Crippen LogP contribution >= 0.6 is 0 Å². The van der Waals surface area contributed by atoms with E-state index in [-0.39, 0.29) is 18.1 Å². The van der Waals surface area contributed by atoms with Gasteiger partial charge in [-0.3, -0.25) is 4.79 Å². The van der Waals surface area contributed by atoms with Gasteiger partial charge in [-0.15, -0.1) is 0 Å². The first-order valence-electron chi connectivity index (χ1n) is 7.21. The number of ether oxygens (including phenoxy) is 2. The number of anilines is 1. The predicted octanol–water partition coefficient (Wildman–Crippen LogP) is 2.58. The first-order chi connectivity index (χ1) is 11.1. The minimum Gasteiger partial charge on any atom is -0.477 e. The van der Waals surface area contributed by atoms with Crippen molar-refractivity contribution < 1.29 is 19.1 Å². The Morgan fingerprint density at radius 2 is 1.91 bits per heavy atom. The molecule has 0 bridgehead atoms. The van der Waals surface area contributed by atoms with E-state index in [1.165, 1.54) is 12.3 Å². The summed E-state index contributed by atoms with van der Waals surface area (Å²) in [6.07, 6.45) is 1.52. The van der Waals surface area contributed by atoms with Crippen LogP contribution in [0.1, 0.15) is 22.8 Å². The minimum atomic E-state index is -0.652. The molecule has 0 aliphatic rings. The van der Waals surface area contributed by atoms with Gasteiger partial charge in [-0.05, 0) is 38.1 Å². The number of nitrogens with one attached hydrogen (secondary N) is 1. The zero-order chi connectivity index (χ0) is 16.7. The largest absolute Gasteiger partial charge is 0.477 e. The number of aryl methyl sites for hydroxylation is 1. The Bertz CT molecular complexity index is 683. The first kappa shape index (κ1) is 16.5. The van der Waals surface area contributed by atoms with Crippen molar-refractivity contribution in [3.05, 3.63) is 53.7 Å². The molecule has 6 nitrogen and oxygen atoms in total. The molecule has 120 valence electrons. The van der Waals surface area contributed by atoms with Gasteiger partial charge in [0.15, 0.2) is 6.61 Å². The Labute approximate surface area is 134 Å². The Kier molecular flexibility index (Phi) is 5.68. The lowest BCUT2D eigenvalue weighted by Crippen LogP contribution is -2.21. The third kappa shape index (κ3) is 4.81. The van der Waals surface area contributed by atoms with Crippen LogP contribution in [0.5, 0.6) is 5.88 Å². The predicted molar refractivity (Wildman–Crippen MR) is 85.5 cm³/mol. The van der Waals surface area contributed by atoms with Crippen LogP contribution in [0.3, 0.4) is 0 Å². The van der Waals surface area contributed by atoms with Crippen LogP contribution in [-0.4, -0.2) is 30.1 Å². The molecule has 1 aromatic carbocycles. The molecule has 1 heterocycles. The van der Waals surface area contributed by atoms with E-state index in [2.05, 4.69) is 10.3 Å². The van der Waals surface area contributed by atoms with Gasteiger partial charge in [0.05, 0.1) is 6.61 Å². The average Bonchev–Trinajstić information content (AvgIpc) is 2.56. The van der Waals surface area contributed by atoms with Crippen LogP contribution in [0.25, 0.3) is 0 Å². The van der Waals surface area contributed by atoms with E-state index in [0.717, 1.165) is 5.56 Å². The van der Waals surface area contributed by atoms with Gasteiger partial charge in [-0.25, -0.2) is 9.78 Å². The summed E-state index contributed by atoms with van der Waals surface area (Å²) < 4.78 is 10.3. The van der Waals surface area contributed by atoms with E-state index < -0.39 is 11.9 Å². The number of esters is 1. The van der Waals surface area contributed by atoms with E-state index in [9.17, 15) is 9.59 Å². The van der Waals surface area contributed by atoms with Gasteiger partial charge >= 0.3 is 5.97 Å². The molecule has 0 atom stereocenters. The molecule has 1 aromatic heterocycles. The zero-order valence-electron chi connectivity index (χ0n) is 13.0. The van der Waals surface area contributed by atoms with E-state index in [0.29, 0.717) is 12.3 Å². The summed E-state index contributed by atoms with van der Waals surface area (Å²) in [5.41, 5.74) is 1.93. The van der Waals surface area contributed by atoms with E-state index in [1.54, 1.807) is 25.1 Å². The van der Waals surface area contributed by atoms with Crippen molar-refractivity contribution >= 4 is 17.6 Å². The summed E-state index contributed by atoms with van der Waals surface area (Å²) in [4.78, 5) is 27.8. The summed E-state index contributed by atoms with van der Waals surface area (Å²) in [5.74, 6) is -0.872. The van der Waals surface area contributed by atoms with E-state index >= 15 is 0 Å². The molecule has 0 aliphatic carbocycles. The second kappa shape index (κ2) is 7.93. The monoisotopic (exact) mass is 314 g/mol. The van der Waals surface area contributed by atoms with Gasteiger partial charge in [-0.2, -0.15) is 0 Å². The van der Waals surface area contributed by atoms with Crippen molar-refractivity contribution in [3.8, 4) is 5.88 Å². The number of benzene rings is 1. The highest BCUT2D eigenvalue weighted by Gasteiger charge is 2.16. The lowest BCUT2D eigenvalue weighted by Gasteiger charge is -2.09. The summed E-state index contributed by atoms with van der Waals surface area (Å²) in [7, 11) is 0. The molecule has 0 saturated carbocycles. The smallest absolute Gasteiger partial charge is 0.344 e. The molecule has 6 heteroatoms. The Hall–Kier alpha value is -2.89. The Morgan fingerprint density at radius 3 is 2.61 bits per heavy atom. The topological polar surface area (TPSA) is 77.5 Å². The summed E-state index contributed by atoms with van der Waals surface area (Å²) in [6, 6.07) is 10.5. The SMILES string of the molecule is CCOc1ncccc1C(=O)OCC(=O)Nc1ccc(C)cc1. The van der Waals surface area contributed by atoms with Crippen molar-refractivity contribution in [1.29, 1.82) is 0 Å². The van der Waals surface area contributed by atoms with Gasteiger partial charge in [0.2, 0.25) is 5.88 Å². The van der Waals surface area contributed by atoms with Crippen LogP contribution in [0.4, 0.5) is 5.69 Å². The van der Waals surface area contributed by atoms with Crippen LogP contribution in [-0.2, 0) is 9.53 Å². The molecule has 0 saturated heterocycles. The highest BCUT2D eigenvalue weighted by molar-refractivity contribution is 5.96. The summed E-state index contributed by atoms with van der Waals surface area (Å²) >= 11 is 0. The normalized spacial score (nSPS) is 10.0. The van der Waals surface area contributed by atoms with Crippen molar-refractivity contribution in [2.24, 2.45) is 0 Å². The number of rotatable bonds is 6. The molecule has 0 radical (unpaired) electrons. The molecule has 0 spiro atoms. The standard InChI is InChI=1S/C17H18N2O4/c1-3-22-16-14(5-4-10-18-16)17(21)23-11-15(20)19-13-8-6-12(2)7-9-13/h4-10H,3,11H2,1-2H3,(H,19,20). The molecular formula is C17H18N2O4. The van der Waals surface area contributed by atoms with Crippen LogP contribution in [0.2, 0.25) is 0 Å². The molecule has 0 unspecified atom stereocenters. The van der Waals surface area contributed by atoms with Crippen LogP contribution < -0.4 is 10.1 Å². The summed E-state index contributed by atoms with van der Waals surface area (Å²) in [6.45, 7) is 3.74. The number of carbonyl (C=O) groups excluding carboxylic acids is 2. The Balaban J connectivity index is 1.91. The third-order valence-corrected chi connectivity index (χ3v) is 2.94. The molecular weight excluding hydrogens is 296 g/mol. The molecule has 2 aromatic rings. The van der Waals surface area contributed by atoms with Crippen molar-refractivity contribution in [1.82, 2.24) is 4.98 Å². The van der Waals surface area contributed by atoms with Crippen LogP contribution in [0, 0.1) is 6.92 Å². The molecule has 0 fully saturated rings. The number of amides is 1. The Morgan fingerprint density at radius 1 is 1.17 bits per heavy atom. The fourth-order valence-corrected chi connectivity index (χ4v) is 1.84. The van der Waals surface area contributed by atoms with Crippen molar-refractivity contribution in [2.45, 2.75) is 13.8 Å². The minimum absolute atomic E-state index is 0.192. The molecule has 1 N–H and O–H groups in total. The maximum Gasteiger partial charge on any atom is 0.344 e. The summed E-state index contributed by atoms with van der Waals surface area (Å²) in [5, 5.41) is 2.65. The maximum absolute atomic E-state index is 12.0. The third-order valence-electron chi connectivity index (χ3n) is 2.94. The fourth-order valence-electron chi connectivity index (χ4n) is 1.84.